The third-order valence-electron chi connectivity index (χ3n) is 4.05. The van der Waals surface area contributed by atoms with Crippen LogP contribution in [0.1, 0.15) is 45.4 Å². The van der Waals surface area contributed by atoms with Crippen molar-refractivity contribution in [2.45, 2.75) is 63.6 Å². The number of ether oxygens (including phenoxy) is 2. The molecule has 9 heteroatoms. The van der Waals surface area contributed by atoms with Gasteiger partial charge in [-0.2, -0.15) is 0 Å². The van der Waals surface area contributed by atoms with Crippen LogP contribution in [0.15, 0.2) is 0 Å². The number of hydrogen-bond donors (Lipinski definition) is 3. The van der Waals surface area contributed by atoms with E-state index in [1.54, 1.807) is 27.0 Å². The Hall–Kier alpha value is -0.532. The third kappa shape index (κ3) is 9.08. The van der Waals surface area contributed by atoms with Crippen molar-refractivity contribution in [1.29, 1.82) is 0 Å². The van der Waals surface area contributed by atoms with Gasteiger partial charge < -0.3 is 30.4 Å². The fourth-order valence-corrected chi connectivity index (χ4v) is 2.77. The molecule has 3 unspecified atom stereocenters. The summed E-state index contributed by atoms with van der Waals surface area (Å²) in [5, 5.41) is 12.9. The number of nitrogens with two attached hydrogens (primary N) is 2. The number of rotatable bonds is 6. The molecular weight excluding hydrogens is 497 g/mol. The van der Waals surface area contributed by atoms with E-state index in [0.717, 1.165) is 0 Å². The average molecular weight is 526 g/mol. The maximum absolute atomic E-state index is 11.2. The van der Waals surface area contributed by atoms with E-state index in [4.69, 9.17) is 15.2 Å². The van der Waals surface area contributed by atoms with Crippen LogP contribution < -0.4 is 20.4 Å². The average Bonchev–Trinajstić information content (AvgIpc) is 2.55. The Balaban J connectivity index is 0.000000488. The topological polar surface area (TPSA) is 140 Å². The predicted octanol–water partition coefficient (Wildman–Crippen LogP) is -1.07. The molecule has 1 aliphatic carbocycles. The van der Waals surface area contributed by atoms with E-state index in [0.29, 0.717) is 6.04 Å². The molecule has 0 radical (unpaired) electrons. The van der Waals surface area contributed by atoms with E-state index in [2.05, 4.69) is 9.61 Å². The van der Waals surface area contributed by atoms with Crippen molar-refractivity contribution in [2.24, 2.45) is 15.9 Å². The molecule has 0 aromatic heterocycles. The number of nitrogens with one attached hydrogen (secondary N) is 1. The normalized spacial score (nSPS) is 24.3. The second kappa shape index (κ2) is 13.7. The molecule has 2 fully saturated rings. The van der Waals surface area contributed by atoms with E-state index >= 15 is 0 Å². The van der Waals surface area contributed by atoms with E-state index in [1.807, 2.05) is 0 Å². The van der Waals surface area contributed by atoms with Crippen LogP contribution in [0.5, 0.6) is 0 Å². The molecule has 8 nitrogen and oxygen atoms in total. The Morgan fingerprint density at radius 3 is 2.33 bits per heavy atom. The number of carboxylic acid groups (broad SMARTS) is 1. The summed E-state index contributed by atoms with van der Waals surface area (Å²) in [5.74, 6) is -1.80. The van der Waals surface area contributed by atoms with Gasteiger partial charge in [-0.15, -0.1) is 0 Å². The van der Waals surface area contributed by atoms with Crippen LogP contribution in [0.3, 0.4) is 0 Å². The summed E-state index contributed by atoms with van der Waals surface area (Å²) < 4.78 is 14.4. The molecule has 2 aliphatic rings. The molecule has 2 rings (SSSR count). The SMILES string of the molecule is COCOC(C)C1C(=O)NC1CC(=O)[O-].NC1CCCCC1.[NH2][Pt+]. The van der Waals surface area contributed by atoms with Crippen molar-refractivity contribution < 1.29 is 44.2 Å². The first kappa shape index (κ1) is 23.5. The number of β-lactam (4-membered cyclic amide) rings is 1. The van der Waals surface area contributed by atoms with Gasteiger partial charge in [0.05, 0.1) is 12.0 Å². The van der Waals surface area contributed by atoms with Gasteiger partial charge in [0.2, 0.25) is 5.91 Å². The quantitative estimate of drug-likeness (QED) is 0.296. The number of methoxy groups -OCH3 is 1. The van der Waals surface area contributed by atoms with E-state index < -0.39 is 17.9 Å². The van der Waals surface area contributed by atoms with Gasteiger partial charge in [0.25, 0.3) is 0 Å². The van der Waals surface area contributed by atoms with Gasteiger partial charge in [-0.05, 0) is 19.8 Å². The zero-order valence-corrected chi connectivity index (χ0v) is 16.5. The number of carbonyl (C=O) groups is 2. The van der Waals surface area contributed by atoms with Crippen LogP contribution in [-0.2, 0) is 39.1 Å². The van der Waals surface area contributed by atoms with Gasteiger partial charge in [-0.1, -0.05) is 19.3 Å². The summed E-state index contributed by atoms with van der Waals surface area (Å²) in [6.45, 7) is 1.80. The molecule has 1 saturated carbocycles. The van der Waals surface area contributed by atoms with Gasteiger partial charge >= 0.3 is 24.4 Å². The van der Waals surface area contributed by atoms with Crippen molar-refractivity contribution >= 4 is 11.9 Å². The number of hydrogen-bond acceptors (Lipinski definition) is 7. The van der Waals surface area contributed by atoms with Crippen molar-refractivity contribution in [1.82, 2.24) is 5.32 Å². The molecule has 3 atom stereocenters. The molecule has 1 heterocycles. The Labute approximate surface area is 155 Å². The van der Waals surface area contributed by atoms with E-state index in [-0.39, 0.29) is 25.2 Å². The second-order valence-electron chi connectivity index (χ2n) is 5.89. The summed E-state index contributed by atoms with van der Waals surface area (Å²) in [6.07, 6.45) is 6.12. The molecule has 1 amide bonds. The molecule has 1 saturated heterocycles. The molecule has 0 bridgehead atoms. The first-order valence-electron chi connectivity index (χ1n) is 8.00. The van der Waals surface area contributed by atoms with Crippen LogP contribution in [0.2, 0.25) is 0 Å². The second-order valence-corrected chi connectivity index (χ2v) is 5.89. The van der Waals surface area contributed by atoms with Crippen LogP contribution >= 0.6 is 0 Å². The van der Waals surface area contributed by atoms with Gasteiger partial charge in [0.1, 0.15) is 6.79 Å². The number of carbonyl (C=O) groups excluding carboxylic acids is 2. The molecule has 1 aliphatic heterocycles. The van der Waals surface area contributed by atoms with Gasteiger partial charge in [-0.25, -0.2) is 0 Å². The fraction of sp³-hybridized carbons (Fsp3) is 0.867. The van der Waals surface area contributed by atoms with Gasteiger partial charge in [0.15, 0.2) is 0 Å². The number of aliphatic carboxylic acids is 1. The Kier molecular flexibility index (Phi) is 13.4. The Morgan fingerprint density at radius 2 is 1.96 bits per heavy atom. The van der Waals surface area contributed by atoms with Crippen molar-refractivity contribution in [3.8, 4) is 0 Å². The van der Waals surface area contributed by atoms with Gasteiger partial charge in [0, 0.05) is 31.6 Å². The molecule has 5 N–H and O–H groups in total. The Bertz CT molecular complexity index is 367. The summed E-state index contributed by atoms with van der Waals surface area (Å²) in [6, 6.07) is 0.142. The van der Waals surface area contributed by atoms with Gasteiger partial charge in [-0.3, -0.25) is 4.79 Å². The standard InChI is InChI=1S/C9H15NO5.C6H13N.H2N.Pt/c1-5(15-4-14-2)8-6(3-7(11)12)10-9(8)13;7-6-4-2-1-3-5-6;;/h5-6,8H,3-4H2,1-2H3,(H,10,13)(H,11,12);6H,1-5,7H2;1H2;/q;;-1;+2/p-1. The zero-order valence-electron chi connectivity index (χ0n) is 14.3. The van der Waals surface area contributed by atoms with E-state index in [1.165, 1.54) is 39.2 Å². The van der Waals surface area contributed by atoms with Crippen molar-refractivity contribution in [3.05, 3.63) is 0 Å². The molecule has 0 spiro atoms. The maximum atomic E-state index is 11.2. The molecule has 0 aromatic carbocycles. The summed E-state index contributed by atoms with van der Waals surface area (Å²) in [5.41, 5.74) is 5.63. The fourth-order valence-electron chi connectivity index (χ4n) is 2.77. The van der Waals surface area contributed by atoms with Crippen LogP contribution in [-0.4, -0.2) is 44.0 Å². The first-order chi connectivity index (χ1) is 11.5. The summed E-state index contributed by atoms with van der Waals surface area (Å²) >= 11 is 1.64. The third-order valence-corrected chi connectivity index (χ3v) is 4.05. The monoisotopic (exact) mass is 526 g/mol. The van der Waals surface area contributed by atoms with E-state index in [9.17, 15) is 14.7 Å². The van der Waals surface area contributed by atoms with Crippen molar-refractivity contribution in [3.63, 3.8) is 0 Å². The predicted molar refractivity (Wildman–Crippen MR) is 82.7 cm³/mol. The van der Waals surface area contributed by atoms with Crippen molar-refractivity contribution in [2.75, 3.05) is 13.9 Å². The van der Waals surface area contributed by atoms with Crippen LogP contribution in [0.25, 0.3) is 0 Å². The summed E-state index contributed by atoms with van der Waals surface area (Å²) in [4.78, 5) is 21.5. The molecule has 144 valence electrons. The minimum absolute atomic E-state index is 0.0863. The summed E-state index contributed by atoms with van der Waals surface area (Å²) in [7, 11) is 1.48. The van der Waals surface area contributed by atoms with Crippen LogP contribution in [0.4, 0.5) is 0 Å². The molecular formula is C15H29N3O5Pt. The molecule has 0 aromatic rings. The Morgan fingerprint density at radius 1 is 1.38 bits per heavy atom. The number of amides is 1. The van der Waals surface area contributed by atoms with Crippen LogP contribution in [0, 0.1) is 5.92 Å². The minimum atomic E-state index is -1.18. The first-order valence-corrected chi connectivity index (χ1v) is 9.31. The number of carboxylic acids is 1. The molecule has 24 heavy (non-hydrogen) atoms. The zero-order chi connectivity index (χ0) is 18.5.